The topological polar surface area (TPSA) is 80.6 Å². The summed E-state index contributed by atoms with van der Waals surface area (Å²) in [7, 11) is 3.49. The molecule has 0 unspecified atom stereocenters. The van der Waals surface area contributed by atoms with E-state index in [1.165, 1.54) is 11.8 Å². The Hall–Kier alpha value is -1.61. The van der Waals surface area contributed by atoms with Crippen LogP contribution in [0.2, 0.25) is 0 Å². The number of carbonyl (C=O) groups is 2. The molecule has 3 saturated heterocycles. The molecule has 132 valence electrons. The van der Waals surface area contributed by atoms with Crippen LogP contribution in [-0.2, 0) is 21.4 Å². The highest BCUT2D eigenvalue weighted by atomic mass is 32.2. The molecule has 24 heavy (non-hydrogen) atoms. The van der Waals surface area contributed by atoms with Crippen molar-refractivity contribution in [2.75, 3.05) is 39.1 Å². The number of methoxy groups -OCH3 is 1. The first-order valence-corrected chi connectivity index (χ1v) is 9.12. The number of aryl methyl sites for hydroxylation is 1. The predicted octanol–water partition coefficient (Wildman–Crippen LogP) is 0.00300. The van der Waals surface area contributed by atoms with Crippen LogP contribution in [-0.4, -0.2) is 81.5 Å². The van der Waals surface area contributed by atoms with E-state index in [1.807, 2.05) is 16.8 Å². The van der Waals surface area contributed by atoms with Gasteiger partial charge in [-0.2, -0.15) is 0 Å². The first-order valence-electron chi connectivity index (χ1n) is 8.14. The highest BCUT2D eigenvalue weighted by Crippen LogP contribution is 2.29. The zero-order chi connectivity index (χ0) is 17.1. The smallest absolute Gasteiger partial charge is 0.233 e. The van der Waals surface area contributed by atoms with E-state index in [9.17, 15) is 9.59 Å². The Morgan fingerprint density at radius 3 is 2.96 bits per heavy atom. The fraction of sp³-hybridized carbons (Fsp3) is 0.733. The van der Waals surface area contributed by atoms with E-state index < -0.39 is 0 Å². The monoisotopic (exact) mass is 353 g/mol. The molecule has 1 aromatic rings. The summed E-state index contributed by atoms with van der Waals surface area (Å²) in [6.45, 7) is 2.28. The Kier molecular flexibility index (Phi) is 5.40. The molecule has 0 saturated carbocycles. The second-order valence-electron chi connectivity index (χ2n) is 6.26. The zero-order valence-corrected chi connectivity index (χ0v) is 14.9. The van der Waals surface area contributed by atoms with Gasteiger partial charge in [0.2, 0.25) is 11.8 Å². The molecule has 4 heterocycles. The molecule has 0 aromatic carbocycles. The Morgan fingerprint density at radius 1 is 1.42 bits per heavy atom. The number of hydrogen-bond donors (Lipinski definition) is 0. The zero-order valence-electron chi connectivity index (χ0n) is 14.1. The maximum Gasteiger partial charge on any atom is 0.233 e. The lowest BCUT2D eigenvalue weighted by atomic mass is 9.94. The molecular weight excluding hydrogens is 330 g/mol. The van der Waals surface area contributed by atoms with Gasteiger partial charge in [0.1, 0.15) is 6.33 Å². The summed E-state index contributed by atoms with van der Waals surface area (Å²) in [5, 5.41) is 8.52. The number of fused-ring (bicyclic) bond motifs is 4. The van der Waals surface area contributed by atoms with Gasteiger partial charge in [-0.15, -0.1) is 10.2 Å². The summed E-state index contributed by atoms with van der Waals surface area (Å²) >= 11 is 1.38. The van der Waals surface area contributed by atoms with Gasteiger partial charge in [0.25, 0.3) is 0 Å². The van der Waals surface area contributed by atoms with Crippen LogP contribution in [0, 0.1) is 5.92 Å². The van der Waals surface area contributed by atoms with Crippen LogP contribution in [0.15, 0.2) is 11.5 Å². The third kappa shape index (κ3) is 3.56. The summed E-state index contributed by atoms with van der Waals surface area (Å²) < 4.78 is 6.91. The molecule has 2 bridgehead atoms. The minimum atomic E-state index is -0.0793. The standard InChI is InChI=1S/C15H23N5O3S/c1-18-10-16-17-15(18)24-9-13(21)19-7-11-3-4-12(8-19)20(14(11)22)5-6-23-2/h10-12H,3-9H2,1-2H3/t11-,12+/m1/s1. The van der Waals surface area contributed by atoms with E-state index in [1.54, 1.807) is 18.0 Å². The van der Waals surface area contributed by atoms with Crippen molar-refractivity contribution in [2.24, 2.45) is 13.0 Å². The molecule has 3 aliphatic heterocycles. The number of ether oxygens (including phenoxy) is 1. The summed E-state index contributed by atoms with van der Waals surface area (Å²) in [4.78, 5) is 28.9. The lowest BCUT2D eigenvalue weighted by molar-refractivity contribution is -0.140. The van der Waals surface area contributed by atoms with Crippen LogP contribution in [0.5, 0.6) is 0 Å². The van der Waals surface area contributed by atoms with Crippen molar-refractivity contribution in [3.8, 4) is 0 Å². The highest BCUT2D eigenvalue weighted by Gasteiger charge is 2.41. The van der Waals surface area contributed by atoms with Gasteiger partial charge in [-0.05, 0) is 12.8 Å². The van der Waals surface area contributed by atoms with E-state index in [-0.39, 0.29) is 23.8 Å². The molecule has 3 aliphatic rings. The van der Waals surface area contributed by atoms with Crippen molar-refractivity contribution < 1.29 is 14.3 Å². The number of hydrogen-bond acceptors (Lipinski definition) is 6. The molecular formula is C15H23N5O3S. The third-order valence-electron chi connectivity index (χ3n) is 4.68. The van der Waals surface area contributed by atoms with E-state index in [2.05, 4.69) is 10.2 Å². The Morgan fingerprint density at radius 2 is 2.25 bits per heavy atom. The van der Waals surface area contributed by atoms with Gasteiger partial charge in [-0.25, -0.2) is 0 Å². The second-order valence-corrected chi connectivity index (χ2v) is 7.21. The van der Waals surface area contributed by atoms with Gasteiger partial charge in [0, 0.05) is 39.8 Å². The molecule has 2 amide bonds. The minimum Gasteiger partial charge on any atom is -0.383 e. The number of nitrogens with zero attached hydrogens (tertiary/aromatic N) is 5. The SMILES string of the molecule is COCCN1C(=O)[C@@H]2CC[C@H]1CN(C(=O)CSc1nncn1C)C2. The molecule has 0 spiro atoms. The van der Waals surface area contributed by atoms with Crippen LogP contribution in [0.25, 0.3) is 0 Å². The van der Waals surface area contributed by atoms with Crippen molar-refractivity contribution in [3.05, 3.63) is 6.33 Å². The highest BCUT2D eigenvalue weighted by molar-refractivity contribution is 7.99. The maximum atomic E-state index is 12.6. The molecule has 2 atom stereocenters. The first-order chi connectivity index (χ1) is 11.6. The van der Waals surface area contributed by atoms with Crippen molar-refractivity contribution >= 4 is 23.6 Å². The molecule has 8 nitrogen and oxygen atoms in total. The summed E-state index contributed by atoms with van der Waals surface area (Å²) in [6, 6.07) is 0.107. The van der Waals surface area contributed by atoms with E-state index in [4.69, 9.17) is 4.74 Å². The van der Waals surface area contributed by atoms with Crippen LogP contribution in [0.1, 0.15) is 12.8 Å². The molecule has 0 aliphatic carbocycles. The summed E-state index contributed by atoms with van der Waals surface area (Å²) in [6.07, 6.45) is 3.44. The predicted molar refractivity (Wildman–Crippen MR) is 88.4 cm³/mol. The van der Waals surface area contributed by atoms with Gasteiger partial charge in [0.15, 0.2) is 5.16 Å². The van der Waals surface area contributed by atoms with Gasteiger partial charge in [-0.3, -0.25) is 9.59 Å². The average molecular weight is 353 g/mol. The molecule has 0 N–H and O–H groups in total. The quantitative estimate of drug-likeness (QED) is 0.670. The lowest BCUT2D eigenvalue weighted by Crippen LogP contribution is -2.49. The van der Waals surface area contributed by atoms with Gasteiger partial charge >= 0.3 is 0 Å². The number of amides is 2. The normalized spacial score (nSPS) is 23.7. The van der Waals surface area contributed by atoms with Crippen LogP contribution in [0.3, 0.4) is 0 Å². The lowest BCUT2D eigenvalue weighted by Gasteiger charge is -2.35. The Bertz CT molecular complexity index is 608. The molecule has 3 fully saturated rings. The minimum absolute atomic E-state index is 0.0568. The average Bonchev–Trinajstić information content (AvgIpc) is 2.80. The fourth-order valence-corrected chi connectivity index (χ4v) is 4.14. The molecule has 1 aromatic heterocycles. The summed E-state index contributed by atoms with van der Waals surface area (Å²) in [5.41, 5.74) is 0. The summed E-state index contributed by atoms with van der Waals surface area (Å²) in [5.74, 6) is 0.461. The van der Waals surface area contributed by atoms with E-state index >= 15 is 0 Å². The van der Waals surface area contributed by atoms with Crippen LogP contribution >= 0.6 is 11.8 Å². The van der Waals surface area contributed by atoms with Gasteiger partial charge in [-0.1, -0.05) is 11.8 Å². The van der Waals surface area contributed by atoms with Crippen molar-refractivity contribution in [2.45, 2.75) is 24.0 Å². The Balaban J connectivity index is 1.62. The van der Waals surface area contributed by atoms with E-state index in [0.717, 1.165) is 18.0 Å². The van der Waals surface area contributed by atoms with Gasteiger partial charge < -0.3 is 19.1 Å². The number of rotatable bonds is 6. The number of thioether (sulfide) groups is 1. The molecule has 9 heteroatoms. The molecule has 4 rings (SSSR count). The van der Waals surface area contributed by atoms with Crippen molar-refractivity contribution in [1.29, 1.82) is 0 Å². The second kappa shape index (κ2) is 7.52. The van der Waals surface area contributed by atoms with Gasteiger partial charge in [0.05, 0.1) is 18.3 Å². The Labute approximate surface area is 145 Å². The fourth-order valence-electron chi connectivity index (χ4n) is 3.35. The maximum absolute atomic E-state index is 12.6. The molecule has 0 radical (unpaired) electrons. The van der Waals surface area contributed by atoms with E-state index in [0.29, 0.717) is 32.0 Å². The number of carbonyl (C=O) groups excluding carboxylic acids is 2. The van der Waals surface area contributed by atoms with Crippen molar-refractivity contribution in [1.82, 2.24) is 24.6 Å². The van der Waals surface area contributed by atoms with Crippen LogP contribution < -0.4 is 0 Å². The third-order valence-corrected chi connectivity index (χ3v) is 5.70. The largest absolute Gasteiger partial charge is 0.383 e. The first kappa shape index (κ1) is 17.2. The van der Waals surface area contributed by atoms with Crippen LogP contribution in [0.4, 0.5) is 0 Å². The number of aromatic nitrogens is 3. The number of piperidine rings is 1. The van der Waals surface area contributed by atoms with Crippen molar-refractivity contribution in [3.63, 3.8) is 0 Å².